The van der Waals surface area contributed by atoms with Crippen LogP contribution in [0.25, 0.3) is 0 Å². The summed E-state index contributed by atoms with van der Waals surface area (Å²) in [5.74, 6) is -0.962. The Labute approximate surface area is 165 Å². The monoisotopic (exact) mass is 393 g/mol. The molecular weight excluding hydrogens is 364 g/mol. The van der Waals surface area contributed by atoms with Crippen molar-refractivity contribution in [1.29, 1.82) is 0 Å². The Bertz CT molecular complexity index is 754. The van der Waals surface area contributed by atoms with Crippen molar-refractivity contribution < 1.29 is 18.8 Å². The van der Waals surface area contributed by atoms with Gasteiger partial charge in [-0.05, 0) is 67.8 Å². The zero-order chi connectivity index (χ0) is 20.9. The van der Waals surface area contributed by atoms with Crippen molar-refractivity contribution in [1.82, 2.24) is 10.8 Å². The summed E-state index contributed by atoms with van der Waals surface area (Å²) >= 11 is 0. The molecule has 0 radical (unpaired) electrons. The van der Waals surface area contributed by atoms with Gasteiger partial charge in [-0.3, -0.25) is 10.0 Å². The van der Waals surface area contributed by atoms with Gasteiger partial charge < -0.3 is 10.6 Å². The summed E-state index contributed by atoms with van der Waals surface area (Å²) in [7, 11) is 0. The highest BCUT2D eigenvalue weighted by Gasteiger charge is 2.01. The maximum absolute atomic E-state index is 12.9. The average molecular weight is 393 g/mol. The number of anilines is 1. The molecule has 154 valence electrons. The van der Waals surface area contributed by atoms with Gasteiger partial charge in [-0.2, -0.15) is 0 Å². The van der Waals surface area contributed by atoms with Crippen molar-refractivity contribution in [3.63, 3.8) is 0 Å². The van der Waals surface area contributed by atoms with Crippen LogP contribution in [0.15, 0.2) is 36.4 Å². The zero-order valence-electron chi connectivity index (χ0n) is 16.6. The van der Waals surface area contributed by atoms with Crippen LogP contribution in [-0.2, 0) is 11.3 Å². The fourth-order valence-electron chi connectivity index (χ4n) is 2.33. The summed E-state index contributed by atoms with van der Waals surface area (Å²) in [5.41, 5.74) is 4.49. The SMILES string of the molecule is CCCCNCc1ccc(F)c(C)c1.Cc1cc(NCC(=O)NO)ccc1F. The van der Waals surface area contributed by atoms with Crippen LogP contribution in [0.2, 0.25) is 0 Å². The second kappa shape index (κ2) is 12.8. The number of hydrogen-bond donors (Lipinski definition) is 4. The maximum atomic E-state index is 12.9. The van der Waals surface area contributed by atoms with Gasteiger partial charge in [0.25, 0.3) is 5.91 Å². The number of hydrogen-bond acceptors (Lipinski definition) is 4. The summed E-state index contributed by atoms with van der Waals surface area (Å²) in [6, 6.07) is 9.68. The predicted octanol–water partition coefficient (Wildman–Crippen LogP) is 4.08. The Morgan fingerprint density at radius 3 is 2.25 bits per heavy atom. The molecular formula is C21H29F2N3O2. The average Bonchev–Trinajstić information content (AvgIpc) is 2.69. The number of carbonyl (C=O) groups excluding carboxylic acids is 1. The van der Waals surface area contributed by atoms with E-state index in [9.17, 15) is 13.6 Å². The van der Waals surface area contributed by atoms with Crippen LogP contribution in [0, 0.1) is 25.5 Å². The quantitative estimate of drug-likeness (QED) is 0.310. The van der Waals surface area contributed by atoms with Crippen molar-refractivity contribution in [3.8, 4) is 0 Å². The first-order valence-corrected chi connectivity index (χ1v) is 9.26. The van der Waals surface area contributed by atoms with E-state index < -0.39 is 5.91 Å². The third-order valence-corrected chi connectivity index (χ3v) is 3.99. The van der Waals surface area contributed by atoms with Crippen molar-refractivity contribution in [3.05, 3.63) is 64.7 Å². The van der Waals surface area contributed by atoms with Crippen LogP contribution in [0.1, 0.15) is 36.5 Å². The Morgan fingerprint density at radius 2 is 1.68 bits per heavy atom. The van der Waals surface area contributed by atoms with E-state index in [1.54, 1.807) is 19.9 Å². The number of carbonyl (C=O) groups is 1. The predicted molar refractivity (Wildman–Crippen MR) is 107 cm³/mol. The molecule has 1 amide bonds. The van der Waals surface area contributed by atoms with E-state index in [4.69, 9.17) is 5.21 Å². The molecule has 0 aromatic heterocycles. The van der Waals surface area contributed by atoms with Gasteiger partial charge >= 0.3 is 0 Å². The number of benzene rings is 2. The maximum Gasteiger partial charge on any atom is 0.262 e. The smallest absolute Gasteiger partial charge is 0.262 e. The fraction of sp³-hybridized carbons (Fsp3) is 0.381. The highest BCUT2D eigenvalue weighted by molar-refractivity contribution is 5.79. The minimum atomic E-state index is -0.549. The van der Waals surface area contributed by atoms with Crippen molar-refractivity contribution in [2.75, 3.05) is 18.4 Å². The van der Waals surface area contributed by atoms with E-state index in [-0.39, 0.29) is 18.2 Å². The molecule has 0 aliphatic rings. The molecule has 4 N–H and O–H groups in total. The standard InChI is InChI=1S/C12H18FN.C9H11FN2O2/c1-3-4-7-14-9-11-5-6-12(13)10(2)8-11;1-6-4-7(2-3-8(6)10)11-5-9(13)12-14/h5-6,8,14H,3-4,7,9H2,1-2H3;2-4,11,14H,5H2,1H3,(H,12,13). The van der Waals surface area contributed by atoms with Gasteiger partial charge in [-0.15, -0.1) is 0 Å². The molecule has 2 aromatic carbocycles. The Hall–Kier alpha value is -2.51. The molecule has 28 heavy (non-hydrogen) atoms. The van der Waals surface area contributed by atoms with Crippen LogP contribution >= 0.6 is 0 Å². The normalized spacial score (nSPS) is 10.1. The largest absolute Gasteiger partial charge is 0.376 e. The molecule has 0 saturated heterocycles. The fourth-order valence-corrected chi connectivity index (χ4v) is 2.33. The summed E-state index contributed by atoms with van der Waals surface area (Å²) in [4.78, 5) is 10.6. The third-order valence-electron chi connectivity index (χ3n) is 3.99. The number of amides is 1. The first-order valence-electron chi connectivity index (χ1n) is 9.26. The molecule has 2 rings (SSSR count). The molecule has 7 heteroatoms. The van der Waals surface area contributed by atoms with E-state index in [1.165, 1.54) is 36.5 Å². The van der Waals surface area contributed by atoms with Gasteiger partial charge in [0.2, 0.25) is 0 Å². The molecule has 0 bridgehead atoms. The summed E-state index contributed by atoms with van der Waals surface area (Å²) in [6.45, 7) is 7.41. The van der Waals surface area contributed by atoms with Gasteiger partial charge in [0, 0.05) is 12.2 Å². The second-order valence-electron chi connectivity index (χ2n) is 6.47. The molecule has 0 aliphatic carbocycles. The lowest BCUT2D eigenvalue weighted by Crippen LogP contribution is -2.26. The lowest BCUT2D eigenvalue weighted by Gasteiger charge is -2.05. The molecule has 0 aliphatic heterocycles. The van der Waals surface area contributed by atoms with Crippen molar-refractivity contribution >= 4 is 11.6 Å². The van der Waals surface area contributed by atoms with Gasteiger partial charge in [0.15, 0.2) is 0 Å². The second-order valence-corrected chi connectivity index (χ2v) is 6.47. The number of hydroxylamine groups is 1. The minimum absolute atomic E-state index is 0.0540. The zero-order valence-corrected chi connectivity index (χ0v) is 16.6. The van der Waals surface area contributed by atoms with Crippen LogP contribution < -0.4 is 16.1 Å². The van der Waals surface area contributed by atoms with Crippen molar-refractivity contribution in [2.45, 2.75) is 40.2 Å². The van der Waals surface area contributed by atoms with Crippen LogP contribution in [-0.4, -0.2) is 24.2 Å². The first kappa shape index (κ1) is 23.5. The van der Waals surface area contributed by atoms with E-state index in [1.807, 2.05) is 12.1 Å². The van der Waals surface area contributed by atoms with Gasteiger partial charge in [-0.25, -0.2) is 14.3 Å². The molecule has 0 fully saturated rings. The van der Waals surface area contributed by atoms with Gasteiger partial charge in [0.05, 0.1) is 6.54 Å². The van der Waals surface area contributed by atoms with Crippen molar-refractivity contribution in [2.24, 2.45) is 0 Å². The van der Waals surface area contributed by atoms with Crippen LogP contribution in [0.3, 0.4) is 0 Å². The molecule has 5 nitrogen and oxygen atoms in total. The highest BCUT2D eigenvalue weighted by atomic mass is 19.1. The lowest BCUT2D eigenvalue weighted by molar-refractivity contribution is -0.127. The van der Waals surface area contributed by atoms with Gasteiger partial charge in [0.1, 0.15) is 11.6 Å². The third kappa shape index (κ3) is 8.92. The van der Waals surface area contributed by atoms with E-state index in [0.29, 0.717) is 11.3 Å². The number of halogens is 2. The Balaban J connectivity index is 0.000000280. The minimum Gasteiger partial charge on any atom is -0.376 e. The number of nitrogens with one attached hydrogen (secondary N) is 3. The lowest BCUT2D eigenvalue weighted by atomic mass is 10.1. The molecule has 0 atom stereocenters. The topological polar surface area (TPSA) is 73.4 Å². The first-order chi connectivity index (χ1) is 13.4. The molecule has 2 aromatic rings. The van der Waals surface area contributed by atoms with Crippen LogP contribution in [0.4, 0.5) is 14.5 Å². The molecule has 0 spiro atoms. The highest BCUT2D eigenvalue weighted by Crippen LogP contribution is 2.13. The summed E-state index contributed by atoms with van der Waals surface area (Å²) in [6.07, 6.45) is 2.40. The molecule has 0 saturated carbocycles. The van der Waals surface area contributed by atoms with Gasteiger partial charge in [-0.1, -0.05) is 25.5 Å². The van der Waals surface area contributed by atoms with E-state index in [0.717, 1.165) is 24.2 Å². The number of aryl methyl sites for hydroxylation is 2. The Morgan fingerprint density at radius 1 is 1.04 bits per heavy atom. The summed E-state index contributed by atoms with van der Waals surface area (Å²) < 4.78 is 25.7. The van der Waals surface area contributed by atoms with Crippen LogP contribution in [0.5, 0.6) is 0 Å². The molecule has 0 unspecified atom stereocenters. The van der Waals surface area contributed by atoms with E-state index >= 15 is 0 Å². The summed E-state index contributed by atoms with van der Waals surface area (Å²) in [5, 5.41) is 14.3. The number of unbranched alkanes of at least 4 members (excludes halogenated alkanes) is 1. The Kier molecular flexibility index (Phi) is 10.8. The number of rotatable bonds is 8. The van der Waals surface area contributed by atoms with E-state index in [2.05, 4.69) is 17.6 Å². The molecule has 0 heterocycles.